The lowest BCUT2D eigenvalue weighted by Gasteiger charge is -2.10. The number of thioether (sulfide) groups is 1. The van der Waals surface area contributed by atoms with Crippen molar-refractivity contribution in [3.63, 3.8) is 0 Å². The maximum absolute atomic E-state index is 12.7. The number of halogens is 1. The largest absolute Gasteiger partial charge is 0.328 e. The smallest absolute Gasteiger partial charge is 0.124 e. The van der Waals surface area contributed by atoms with Gasteiger partial charge in [-0.25, -0.2) is 4.39 Å². The summed E-state index contributed by atoms with van der Waals surface area (Å²) in [4.78, 5) is 0. The van der Waals surface area contributed by atoms with E-state index in [9.17, 15) is 4.39 Å². The van der Waals surface area contributed by atoms with E-state index in [4.69, 9.17) is 5.73 Å². The monoisotopic (exact) mass is 149 g/mol. The molecule has 1 fully saturated rings. The Hall–Kier alpha value is 0.240. The summed E-state index contributed by atoms with van der Waals surface area (Å²) in [6.45, 7) is 0.192. The molecule has 1 rings (SSSR count). The first-order chi connectivity index (χ1) is 4.34. The van der Waals surface area contributed by atoms with Crippen LogP contribution in [-0.2, 0) is 0 Å². The zero-order valence-electron chi connectivity index (χ0n) is 5.35. The predicted octanol–water partition coefficient (Wildman–Crippen LogP) is 1.18. The maximum atomic E-state index is 12.7. The molecule has 1 aliphatic rings. The van der Waals surface area contributed by atoms with Crippen molar-refractivity contribution in [2.75, 3.05) is 12.3 Å². The molecule has 0 saturated carbocycles. The summed E-state index contributed by atoms with van der Waals surface area (Å²) < 4.78 is 12.7. The fourth-order valence-corrected chi connectivity index (χ4v) is 2.33. The van der Waals surface area contributed by atoms with Crippen molar-refractivity contribution in [3.8, 4) is 0 Å². The van der Waals surface area contributed by atoms with Gasteiger partial charge in [0.1, 0.15) is 6.17 Å². The first-order valence-corrected chi connectivity index (χ1v) is 4.35. The van der Waals surface area contributed by atoms with E-state index >= 15 is 0 Å². The number of rotatable bonds is 2. The fourth-order valence-electron chi connectivity index (χ4n) is 1.04. The lowest BCUT2D eigenvalue weighted by atomic mass is 10.2. The summed E-state index contributed by atoms with van der Waals surface area (Å²) in [6, 6.07) is 0. The van der Waals surface area contributed by atoms with Gasteiger partial charge in [0.05, 0.1) is 0 Å². The van der Waals surface area contributed by atoms with Gasteiger partial charge in [0.15, 0.2) is 0 Å². The van der Waals surface area contributed by atoms with Gasteiger partial charge < -0.3 is 5.73 Å². The second-order valence-corrected chi connectivity index (χ2v) is 3.65. The minimum Gasteiger partial charge on any atom is -0.328 e. The van der Waals surface area contributed by atoms with Crippen molar-refractivity contribution in [2.45, 2.75) is 24.3 Å². The van der Waals surface area contributed by atoms with Crippen molar-refractivity contribution in [2.24, 2.45) is 5.73 Å². The Morgan fingerprint density at radius 2 is 2.56 bits per heavy atom. The molecule has 0 aromatic heterocycles. The second kappa shape index (κ2) is 3.42. The van der Waals surface area contributed by atoms with Crippen LogP contribution in [0.1, 0.15) is 12.8 Å². The highest BCUT2D eigenvalue weighted by molar-refractivity contribution is 8.00. The highest BCUT2D eigenvalue weighted by Gasteiger charge is 2.23. The minimum absolute atomic E-state index is 0.192. The molecule has 2 N–H and O–H groups in total. The lowest BCUT2D eigenvalue weighted by molar-refractivity contribution is 0.329. The third kappa shape index (κ3) is 1.83. The Morgan fingerprint density at radius 3 is 3.00 bits per heavy atom. The molecule has 0 bridgehead atoms. The summed E-state index contributed by atoms with van der Waals surface area (Å²) >= 11 is 1.72. The number of hydrogen-bond acceptors (Lipinski definition) is 2. The molecule has 0 spiro atoms. The van der Waals surface area contributed by atoms with Gasteiger partial charge in [0.25, 0.3) is 0 Å². The summed E-state index contributed by atoms with van der Waals surface area (Å²) in [6.07, 6.45) is 1.41. The van der Waals surface area contributed by atoms with E-state index in [1.165, 1.54) is 0 Å². The molecule has 2 unspecified atom stereocenters. The average molecular weight is 149 g/mol. The van der Waals surface area contributed by atoms with Gasteiger partial charge in [-0.1, -0.05) is 0 Å². The van der Waals surface area contributed by atoms with Crippen molar-refractivity contribution >= 4 is 11.8 Å². The standard InChI is InChI=1S/C6H12FNS/c7-5(4-8)6-2-1-3-9-6/h5-6H,1-4,8H2. The van der Waals surface area contributed by atoms with Crippen molar-refractivity contribution in [3.05, 3.63) is 0 Å². The average Bonchev–Trinajstić information content (AvgIpc) is 2.37. The molecule has 0 amide bonds. The van der Waals surface area contributed by atoms with Gasteiger partial charge in [0.2, 0.25) is 0 Å². The van der Waals surface area contributed by atoms with Crippen LogP contribution in [0.4, 0.5) is 4.39 Å². The van der Waals surface area contributed by atoms with Crippen LogP contribution in [0.2, 0.25) is 0 Å². The summed E-state index contributed by atoms with van der Waals surface area (Å²) in [5.74, 6) is 1.12. The highest BCUT2D eigenvalue weighted by Crippen LogP contribution is 2.29. The molecule has 1 nitrogen and oxygen atoms in total. The van der Waals surface area contributed by atoms with Crippen LogP contribution in [0.3, 0.4) is 0 Å². The molecule has 3 heteroatoms. The van der Waals surface area contributed by atoms with Crippen LogP contribution in [0.15, 0.2) is 0 Å². The molecule has 1 heterocycles. The van der Waals surface area contributed by atoms with E-state index in [-0.39, 0.29) is 11.8 Å². The molecule has 0 aromatic rings. The molecule has 0 aliphatic carbocycles. The molecule has 54 valence electrons. The van der Waals surface area contributed by atoms with Gasteiger partial charge in [-0.3, -0.25) is 0 Å². The summed E-state index contributed by atoms with van der Waals surface area (Å²) in [5.41, 5.74) is 5.16. The second-order valence-electron chi connectivity index (χ2n) is 2.30. The quantitative estimate of drug-likeness (QED) is 0.638. The van der Waals surface area contributed by atoms with Crippen molar-refractivity contribution < 1.29 is 4.39 Å². The first kappa shape index (κ1) is 7.35. The molecular formula is C6H12FNS. The summed E-state index contributed by atoms with van der Waals surface area (Å²) in [5, 5.41) is 0.204. The molecular weight excluding hydrogens is 137 g/mol. The molecule has 1 aliphatic heterocycles. The van der Waals surface area contributed by atoms with E-state index in [1.807, 2.05) is 0 Å². The lowest BCUT2D eigenvalue weighted by Crippen LogP contribution is -2.25. The van der Waals surface area contributed by atoms with Crippen molar-refractivity contribution in [1.29, 1.82) is 0 Å². The minimum atomic E-state index is -0.766. The molecule has 0 radical (unpaired) electrons. The normalized spacial score (nSPS) is 30.7. The highest BCUT2D eigenvalue weighted by atomic mass is 32.2. The van der Waals surface area contributed by atoms with Gasteiger partial charge >= 0.3 is 0 Å². The Kier molecular flexibility index (Phi) is 2.79. The van der Waals surface area contributed by atoms with E-state index < -0.39 is 6.17 Å². The molecule has 0 aromatic carbocycles. The van der Waals surface area contributed by atoms with Crippen LogP contribution in [0.5, 0.6) is 0 Å². The Bertz CT molecular complexity index is 83.1. The van der Waals surface area contributed by atoms with Gasteiger partial charge in [-0.15, -0.1) is 0 Å². The van der Waals surface area contributed by atoms with Crippen LogP contribution in [-0.4, -0.2) is 23.7 Å². The topological polar surface area (TPSA) is 26.0 Å². The van der Waals surface area contributed by atoms with Gasteiger partial charge in [-0.05, 0) is 18.6 Å². The maximum Gasteiger partial charge on any atom is 0.124 e. The fraction of sp³-hybridized carbons (Fsp3) is 1.00. The third-order valence-electron chi connectivity index (χ3n) is 1.59. The molecule has 1 saturated heterocycles. The van der Waals surface area contributed by atoms with Gasteiger partial charge in [-0.2, -0.15) is 11.8 Å². The zero-order valence-corrected chi connectivity index (χ0v) is 6.16. The summed E-state index contributed by atoms with van der Waals surface area (Å²) in [7, 11) is 0. The van der Waals surface area contributed by atoms with Gasteiger partial charge in [0, 0.05) is 11.8 Å². The number of nitrogens with two attached hydrogens (primary N) is 1. The predicted molar refractivity (Wildman–Crippen MR) is 39.4 cm³/mol. The van der Waals surface area contributed by atoms with Crippen LogP contribution >= 0.6 is 11.8 Å². The van der Waals surface area contributed by atoms with Crippen LogP contribution < -0.4 is 5.73 Å². The zero-order chi connectivity index (χ0) is 6.69. The molecule has 2 atom stereocenters. The van der Waals surface area contributed by atoms with E-state index in [0.717, 1.165) is 18.6 Å². The third-order valence-corrected chi connectivity index (χ3v) is 3.08. The Morgan fingerprint density at radius 1 is 1.78 bits per heavy atom. The van der Waals surface area contributed by atoms with E-state index in [1.54, 1.807) is 11.8 Å². The molecule has 9 heavy (non-hydrogen) atoms. The van der Waals surface area contributed by atoms with E-state index in [2.05, 4.69) is 0 Å². The van der Waals surface area contributed by atoms with Crippen LogP contribution in [0.25, 0.3) is 0 Å². The van der Waals surface area contributed by atoms with Crippen molar-refractivity contribution in [1.82, 2.24) is 0 Å². The first-order valence-electron chi connectivity index (χ1n) is 3.30. The van der Waals surface area contributed by atoms with Crippen LogP contribution in [0, 0.1) is 0 Å². The number of alkyl halides is 1. The Balaban J connectivity index is 2.24. The SMILES string of the molecule is NCC(F)C1CCCS1. The van der Waals surface area contributed by atoms with E-state index in [0.29, 0.717) is 0 Å². The Labute approximate surface area is 59.2 Å². The number of hydrogen-bond donors (Lipinski definition) is 1.